The molecule has 2 amide bonds. The van der Waals surface area contributed by atoms with E-state index in [1.54, 1.807) is 24.3 Å². The quantitative estimate of drug-likeness (QED) is 0.208. The third kappa shape index (κ3) is 9.13. The number of benzene rings is 3. The summed E-state index contributed by atoms with van der Waals surface area (Å²) in [5.74, 6) is -0.287. The van der Waals surface area contributed by atoms with Gasteiger partial charge in [-0.1, -0.05) is 60.7 Å². The number of rotatable bonds is 13. The Kier molecular flexibility index (Phi) is 11.5. The number of nitrogens with zero attached hydrogens (tertiary/aromatic N) is 1. The third-order valence-electron chi connectivity index (χ3n) is 5.71. The Labute approximate surface area is 232 Å². The first kappa shape index (κ1) is 29.1. The number of nitrogens with one attached hydrogen (secondary N) is 2. The Morgan fingerprint density at radius 1 is 0.947 bits per heavy atom. The molecule has 0 aliphatic heterocycles. The van der Waals surface area contributed by atoms with Crippen LogP contribution in [0.25, 0.3) is 4.48 Å². The number of hydrogen-bond donors (Lipinski definition) is 3. The summed E-state index contributed by atoms with van der Waals surface area (Å²) in [7, 11) is 4.03. The van der Waals surface area contributed by atoms with Gasteiger partial charge in [0.25, 0.3) is 11.8 Å². The molecule has 7 nitrogen and oxygen atoms in total. The van der Waals surface area contributed by atoms with Crippen molar-refractivity contribution >= 4 is 32.2 Å². The minimum atomic E-state index is -0.541. The standard InChI is InChI=1S/C30H34BrN3O4/c1-34(2)17-10-18-38-26-16-9-15-24(20-26)27(31)28(33-29(36)23-13-7-4-8-14-23)30(37)32-25(21-35)19-22-11-5-3-6-12-22/h3-9,11-16,20,25,35H,10,17-19,21H2,1-2H3,(H,32,37)(H,33,36)/b28-27-/t25-/m0/s1. The molecule has 0 fully saturated rings. The highest BCUT2D eigenvalue weighted by atomic mass is 79.9. The van der Waals surface area contributed by atoms with Gasteiger partial charge in [-0.3, -0.25) is 9.59 Å². The average molecular weight is 581 g/mol. The summed E-state index contributed by atoms with van der Waals surface area (Å²) >= 11 is 3.55. The number of hydrogen-bond acceptors (Lipinski definition) is 5. The Bertz CT molecular complexity index is 1220. The molecule has 8 heteroatoms. The third-order valence-corrected chi connectivity index (χ3v) is 6.56. The van der Waals surface area contributed by atoms with Crippen molar-refractivity contribution in [1.82, 2.24) is 15.5 Å². The minimum Gasteiger partial charge on any atom is -0.494 e. The molecule has 0 bridgehead atoms. The first-order valence-electron chi connectivity index (χ1n) is 12.5. The summed E-state index contributed by atoms with van der Waals surface area (Å²) in [4.78, 5) is 28.6. The summed E-state index contributed by atoms with van der Waals surface area (Å²) in [5, 5.41) is 15.6. The molecular weight excluding hydrogens is 546 g/mol. The largest absolute Gasteiger partial charge is 0.494 e. The summed E-state index contributed by atoms with van der Waals surface area (Å²) in [6, 6.07) is 25.0. The number of carbonyl (C=O) groups excluding carboxylic acids is 2. The molecule has 3 aromatic carbocycles. The van der Waals surface area contributed by atoms with Crippen LogP contribution in [-0.2, 0) is 11.2 Å². The molecule has 0 heterocycles. The monoisotopic (exact) mass is 579 g/mol. The predicted octanol–water partition coefficient (Wildman–Crippen LogP) is 4.23. The van der Waals surface area contributed by atoms with Crippen LogP contribution in [-0.4, -0.2) is 61.7 Å². The lowest BCUT2D eigenvalue weighted by Crippen LogP contribution is -2.43. The maximum Gasteiger partial charge on any atom is 0.269 e. The lowest BCUT2D eigenvalue weighted by Gasteiger charge is -2.19. The molecule has 0 saturated carbocycles. The highest BCUT2D eigenvalue weighted by Gasteiger charge is 2.22. The van der Waals surface area contributed by atoms with Crippen molar-refractivity contribution in [3.63, 3.8) is 0 Å². The van der Waals surface area contributed by atoms with E-state index in [1.165, 1.54) is 0 Å². The van der Waals surface area contributed by atoms with E-state index in [4.69, 9.17) is 4.74 Å². The number of aliphatic hydroxyl groups is 1. The van der Waals surface area contributed by atoms with Gasteiger partial charge in [-0.2, -0.15) is 0 Å². The number of carbonyl (C=O) groups is 2. The topological polar surface area (TPSA) is 90.9 Å². The van der Waals surface area contributed by atoms with E-state index >= 15 is 0 Å². The molecule has 0 spiro atoms. The van der Waals surface area contributed by atoms with Gasteiger partial charge in [0, 0.05) is 12.1 Å². The number of ether oxygens (including phenoxy) is 1. The maximum absolute atomic E-state index is 13.5. The summed E-state index contributed by atoms with van der Waals surface area (Å²) in [6.07, 6.45) is 1.32. The normalized spacial score (nSPS) is 12.4. The van der Waals surface area contributed by atoms with E-state index in [-0.39, 0.29) is 12.3 Å². The van der Waals surface area contributed by atoms with Gasteiger partial charge < -0.3 is 25.4 Å². The number of halogens is 1. The van der Waals surface area contributed by atoms with Crippen LogP contribution in [0.3, 0.4) is 0 Å². The van der Waals surface area contributed by atoms with E-state index in [2.05, 4.69) is 31.5 Å². The molecule has 38 heavy (non-hydrogen) atoms. The van der Waals surface area contributed by atoms with E-state index in [9.17, 15) is 14.7 Å². The number of amides is 2. The first-order chi connectivity index (χ1) is 18.4. The average Bonchev–Trinajstić information content (AvgIpc) is 2.94. The van der Waals surface area contributed by atoms with Crippen molar-refractivity contribution in [2.24, 2.45) is 0 Å². The fourth-order valence-electron chi connectivity index (χ4n) is 3.74. The van der Waals surface area contributed by atoms with Crippen molar-refractivity contribution in [3.05, 3.63) is 107 Å². The Hall–Kier alpha value is -3.46. The molecule has 0 unspecified atom stereocenters. The first-order valence-corrected chi connectivity index (χ1v) is 13.3. The zero-order valence-electron chi connectivity index (χ0n) is 21.7. The zero-order valence-corrected chi connectivity index (χ0v) is 23.3. The van der Waals surface area contributed by atoms with Gasteiger partial charge in [-0.25, -0.2) is 0 Å². The SMILES string of the molecule is CN(C)CCCOc1cccc(/C(Br)=C(/NC(=O)c2ccccc2)C(=O)N[C@H](CO)Cc2ccccc2)c1. The highest BCUT2D eigenvalue weighted by molar-refractivity contribution is 9.15. The molecule has 0 aliphatic rings. The van der Waals surface area contributed by atoms with Crippen LogP contribution < -0.4 is 15.4 Å². The van der Waals surface area contributed by atoms with Crippen molar-refractivity contribution in [3.8, 4) is 5.75 Å². The molecule has 1 atom stereocenters. The molecule has 0 aliphatic carbocycles. The van der Waals surface area contributed by atoms with Crippen LogP contribution in [0.2, 0.25) is 0 Å². The second-order valence-electron chi connectivity index (χ2n) is 9.08. The summed E-state index contributed by atoms with van der Waals surface area (Å²) in [6.45, 7) is 1.21. The summed E-state index contributed by atoms with van der Waals surface area (Å²) in [5.41, 5.74) is 2.09. The van der Waals surface area contributed by atoms with Crippen LogP contribution >= 0.6 is 15.9 Å². The van der Waals surface area contributed by atoms with Crippen LogP contribution in [0.1, 0.15) is 27.9 Å². The maximum atomic E-state index is 13.5. The van der Waals surface area contributed by atoms with Gasteiger partial charge in [-0.15, -0.1) is 0 Å². The summed E-state index contributed by atoms with van der Waals surface area (Å²) < 4.78 is 6.29. The van der Waals surface area contributed by atoms with Crippen LogP contribution in [0.15, 0.2) is 90.6 Å². The molecule has 0 saturated heterocycles. The van der Waals surface area contributed by atoms with E-state index in [0.29, 0.717) is 34.4 Å². The van der Waals surface area contributed by atoms with Gasteiger partial charge in [0.05, 0.1) is 23.7 Å². The van der Waals surface area contributed by atoms with Gasteiger partial charge in [-0.05, 0) is 78.3 Å². The van der Waals surface area contributed by atoms with Crippen LogP contribution in [0.5, 0.6) is 5.75 Å². The fraction of sp³-hybridized carbons (Fsp3) is 0.267. The van der Waals surface area contributed by atoms with E-state index in [1.807, 2.05) is 74.8 Å². The molecule has 0 aromatic heterocycles. The van der Waals surface area contributed by atoms with Crippen molar-refractivity contribution in [2.75, 3.05) is 33.9 Å². The van der Waals surface area contributed by atoms with E-state index in [0.717, 1.165) is 18.5 Å². The van der Waals surface area contributed by atoms with Gasteiger partial charge in [0.1, 0.15) is 11.4 Å². The molecular formula is C30H34BrN3O4. The Morgan fingerprint density at radius 3 is 2.26 bits per heavy atom. The molecule has 3 N–H and O–H groups in total. The molecule has 3 aromatic rings. The zero-order chi connectivity index (χ0) is 27.3. The molecule has 3 rings (SSSR count). The van der Waals surface area contributed by atoms with Crippen molar-refractivity contribution < 1.29 is 19.4 Å². The highest BCUT2D eigenvalue weighted by Crippen LogP contribution is 2.28. The lowest BCUT2D eigenvalue weighted by atomic mass is 10.1. The lowest BCUT2D eigenvalue weighted by molar-refractivity contribution is -0.118. The minimum absolute atomic E-state index is 0.0372. The second-order valence-corrected chi connectivity index (χ2v) is 9.88. The van der Waals surface area contributed by atoms with E-state index < -0.39 is 17.9 Å². The van der Waals surface area contributed by atoms with Gasteiger partial charge in [0.2, 0.25) is 0 Å². The van der Waals surface area contributed by atoms with Crippen LogP contribution in [0, 0.1) is 0 Å². The number of aliphatic hydroxyl groups excluding tert-OH is 1. The van der Waals surface area contributed by atoms with Crippen molar-refractivity contribution in [2.45, 2.75) is 18.9 Å². The fourth-order valence-corrected chi connectivity index (χ4v) is 4.27. The van der Waals surface area contributed by atoms with Crippen LogP contribution in [0.4, 0.5) is 0 Å². The van der Waals surface area contributed by atoms with Gasteiger partial charge in [0.15, 0.2) is 0 Å². The predicted molar refractivity (Wildman–Crippen MR) is 154 cm³/mol. The van der Waals surface area contributed by atoms with Gasteiger partial charge >= 0.3 is 0 Å². The van der Waals surface area contributed by atoms with Crippen molar-refractivity contribution in [1.29, 1.82) is 0 Å². The molecule has 0 radical (unpaired) electrons. The smallest absolute Gasteiger partial charge is 0.269 e. The second kappa shape index (κ2) is 15.1. The Balaban J connectivity index is 1.85. The molecule has 200 valence electrons. The Morgan fingerprint density at radius 2 is 1.61 bits per heavy atom.